The van der Waals surface area contributed by atoms with Crippen molar-refractivity contribution >= 4 is 34.4 Å². The Morgan fingerprint density at radius 3 is 2.46 bits per heavy atom. The standard InChI is InChI=1S/C18H10Cl2F3N5/c19-10-2-1-3-11(20)9(10)6-28-7-25-16(24)15-18(28)27-17(26-15)8-4-5-12(21)14(23)13(8)22/h1-5,7,24H,6H2,(H,26,27). The number of nitrogens with zero attached hydrogens (tertiary/aromatic N) is 3. The zero-order valence-electron chi connectivity index (χ0n) is 13.9. The maximum atomic E-state index is 14.2. The van der Waals surface area contributed by atoms with Gasteiger partial charge in [0, 0.05) is 15.6 Å². The maximum Gasteiger partial charge on any atom is 0.195 e. The highest BCUT2D eigenvalue weighted by atomic mass is 35.5. The van der Waals surface area contributed by atoms with Gasteiger partial charge in [-0.15, -0.1) is 0 Å². The van der Waals surface area contributed by atoms with E-state index in [1.54, 1.807) is 22.8 Å². The first-order valence-electron chi connectivity index (χ1n) is 7.93. The minimum absolute atomic E-state index is 0.0631. The predicted octanol–water partition coefficient (Wildman–Crippen LogP) is 4.68. The molecule has 28 heavy (non-hydrogen) atoms. The van der Waals surface area contributed by atoms with Crippen LogP contribution in [-0.2, 0) is 6.54 Å². The molecule has 10 heteroatoms. The molecule has 4 aromatic rings. The Morgan fingerprint density at radius 1 is 1.04 bits per heavy atom. The molecule has 2 aromatic carbocycles. The molecule has 0 aliphatic rings. The monoisotopic (exact) mass is 423 g/mol. The van der Waals surface area contributed by atoms with Crippen LogP contribution in [0.5, 0.6) is 0 Å². The van der Waals surface area contributed by atoms with E-state index in [0.717, 1.165) is 12.1 Å². The van der Waals surface area contributed by atoms with Crippen LogP contribution in [0, 0.1) is 22.9 Å². The number of nitrogens with one attached hydrogen (secondary N) is 2. The molecule has 0 amide bonds. The molecule has 0 atom stereocenters. The zero-order chi connectivity index (χ0) is 20.0. The highest BCUT2D eigenvalue weighted by Gasteiger charge is 2.19. The summed E-state index contributed by atoms with van der Waals surface area (Å²) in [6.07, 6.45) is 1.37. The van der Waals surface area contributed by atoms with Gasteiger partial charge in [-0.05, 0) is 24.3 Å². The van der Waals surface area contributed by atoms with Crippen LogP contribution in [0.3, 0.4) is 0 Å². The summed E-state index contributed by atoms with van der Waals surface area (Å²) in [4.78, 5) is 11.0. The van der Waals surface area contributed by atoms with Crippen molar-refractivity contribution in [1.29, 1.82) is 5.41 Å². The molecule has 2 heterocycles. The lowest BCUT2D eigenvalue weighted by molar-refractivity contribution is 0.448. The number of hydrogen-bond acceptors (Lipinski definition) is 3. The van der Waals surface area contributed by atoms with Crippen LogP contribution < -0.4 is 5.49 Å². The molecule has 0 saturated carbocycles. The Hall–Kier alpha value is -2.84. The lowest BCUT2D eigenvalue weighted by atomic mass is 10.2. The van der Waals surface area contributed by atoms with Crippen LogP contribution in [0.1, 0.15) is 5.56 Å². The summed E-state index contributed by atoms with van der Waals surface area (Å²) in [5, 5.41) is 8.83. The molecule has 0 aliphatic carbocycles. The first-order valence-corrected chi connectivity index (χ1v) is 8.69. The number of hydrogen-bond donors (Lipinski definition) is 2. The number of aromatic nitrogens is 4. The first-order chi connectivity index (χ1) is 13.4. The van der Waals surface area contributed by atoms with E-state index in [1.165, 1.54) is 6.33 Å². The number of aromatic amines is 1. The predicted molar refractivity (Wildman–Crippen MR) is 98.6 cm³/mol. The van der Waals surface area contributed by atoms with Crippen LogP contribution in [0.25, 0.3) is 22.6 Å². The van der Waals surface area contributed by atoms with Crippen LogP contribution in [-0.4, -0.2) is 19.5 Å². The van der Waals surface area contributed by atoms with Crippen molar-refractivity contribution in [1.82, 2.24) is 19.5 Å². The molecule has 0 spiro atoms. The smallest absolute Gasteiger partial charge is 0.195 e. The van der Waals surface area contributed by atoms with Gasteiger partial charge < -0.3 is 9.55 Å². The summed E-state index contributed by atoms with van der Waals surface area (Å²) in [7, 11) is 0. The van der Waals surface area contributed by atoms with E-state index in [9.17, 15) is 13.2 Å². The van der Waals surface area contributed by atoms with Gasteiger partial charge in [-0.3, -0.25) is 5.41 Å². The minimum Gasteiger partial charge on any atom is -0.333 e. The Kier molecular flexibility index (Phi) is 4.60. The Bertz CT molecular complexity index is 1260. The van der Waals surface area contributed by atoms with Gasteiger partial charge in [-0.2, -0.15) is 0 Å². The van der Waals surface area contributed by atoms with Crippen molar-refractivity contribution in [3.63, 3.8) is 0 Å². The second-order valence-electron chi connectivity index (χ2n) is 5.93. The van der Waals surface area contributed by atoms with Crippen molar-refractivity contribution in [3.8, 4) is 11.4 Å². The molecule has 0 fully saturated rings. The Morgan fingerprint density at radius 2 is 1.75 bits per heavy atom. The third-order valence-corrected chi connectivity index (χ3v) is 4.91. The van der Waals surface area contributed by atoms with E-state index < -0.39 is 17.5 Å². The summed E-state index contributed by atoms with van der Waals surface area (Å²) in [6, 6.07) is 6.94. The van der Waals surface area contributed by atoms with E-state index in [-0.39, 0.29) is 34.6 Å². The average Bonchev–Trinajstić information content (AvgIpc) is 3.11. The largest absolute Gasteiger partial charge is 0.333 e. The second-order valence-corrected chi connectivity index (χ2v) is 6.74. The third kappa shape index (κ3) is 3.04. The SMILES string of the molecule is N=c1ncn(Cc2c(Cl)cccc2Cl)c2nc(-c3ccc(F)c(F)c3F)[nH]c12. The summed E-state index contributed by atoms with van der Waals surface area (Å²) in [5.74, 6) is -4.34. The topological polar surface area (TPSA) is 70.3 Å². The molecular weight excluding hydrogens is 414 g/mol. The second kappa shape index (κ2) is 6.96. The van der Waals surface area contributed by atoms with Crippen LogP contribution >= 0.6 is 23.2 Å². The number of imidazole rings is 1. The molecule has 0 aliphatic heterocycles. The van der Waals surface area contributed by atoms with E-state index in [4.69, 9.17) is 28.6 Å². The molecule has 0 saturated heterocycles. The molecule has 0 unspecified atom stereocenters. The molecule has 2 N–H and O–H groups in total. The van der Waals surface area contributed by atoms with Crippen molar-refractivity contribution in [2.75, 3.05) is 0 Å². The summed E-state index contributed by atoms with van der Waals surface area (Å²) >= 11 is 12.4. The van der Waals surface area contributed by atoms with Gasteiger partial charge in [0.25, 0.3) is 0 Å². The normalized spacial score (nSPS) is 11.3. The minimum atomic E-state index is -1.60. The number of rotatable bonds is 3. The lowest BCUT2D eigenvalue weighted by Crippen LogP contribution is -2.13. The fourth-order valence-corrected chi connectivity index (χ4v) is 3.31. The maximum absolute atomic E-state index is 14.2. The van der Waals surface area contributed by atoms with E-state index in [2.05, 4.69) is 15.0 Å². The average molecular weight is 424 g/mol. The molecule has 0 radical (unpaired) electrons. The van der Waals surface area contributed by atoms with E-state index in [0.29, 0.717) is 15.6 Å². The lowest BCUT2D eigenvalue weighted by Gasteiger charge is -2.10. The van der Waals surface area contributed by atoms with Gasteiger partial charge in [0.1, 0.15) is 11.3 Å². The molecule has 5 nitrogen and oxygen atoms in total. The quantitative estimate of drug-likeness (QED) is 0.469. The Labute approximate surface area is 165 Å². The molecule has 142 valence electrons. The Balaban J connectivity index is 1.89. The summed E-state index contributed by atoms with van der Waals surface area (Å²) in [6.45, 7) is 0.187. The fraction of sp³-hybridized carbons (Fsp3) is 0.0556. The fourth-order valence-electron chi connectivity index (χ4n) is 2.79. The van der Waals surface area contributed by atoms with Gasteiger partial charge >= 0.3 is 0 Å². The van der Waals surface area contributed by atoms with Gasteiger partial charge in [0.05, 0.1) is 18.4 Å². The number of halogens is 5. The van der Waals surface area contributed by atoms with Gasteiger partial charge in [0.2, 0.25) is 0 Å². The van der Waals surface area contributed by atoms with Crippen molar-refractivity contribution < 1.29 is 13.2 Å². The van der Waals surface area contributed by atoms with Crippen molar-refractivity contribution in [2.24, 2.45) is 0 Å². The molecular formula is C18H10Cl2F3N5. The highest BCUT2D eigenvalue weighted by Crippen LogP contribution is 2.27. The molecule has 2 aromatic heterocycles. The van der Waals surface area contributed by atoms with Gasteiger partial charge in [-0.1, -0.05) is 29.3 Å². The molecule has 4 rings (SSSR count). The van der Waals surface area contributed by atoms with Gasteiger partial charge in [-0.25, -0.2) is 23.1 Å². The first kappa shape index (κ1) is 18.5. The van der Waals surface area contributed by atoms with Crippen LogP contribution in [0.4, 0.5) is 13.2 Å². The van der Waals surface area contributed by atoms with Gasteiger partial charge in [0.15, 0.2) is 28.6 Å². The van der Waals surface area contributed by atoms with Crippen molar-refractivity contribution in [3.05, 3.63) is 75.2 Å². The van der Waals surface area contributed by atoms with Crippen molar-refractivity contribution in [2.45, 2.75) is 6.54 Å². The van der Waals surface area contributed by atoms with Crippen LogP contribution in [0.15, 0.2) is 36.7 Å². The third-order valence-electron chi connectivity index (χ3n) is 4.20. The zero-order valence-corrected chi connectivity index (χ0v) is 15.4. The summed E-state index contributed by atoms with van der Waals surface area (Å²) in [5.41, 5.74) is 0.662. The number of fused-ring (bicyclic) bond motifs is 1. The van der Waals surface area contributed by atoms with E-state index in [1.807, 2.05) is 0 Å². The molecule has 0 bridgehead atoms. The summed E-state index contributed by atoms with van der Waals surface area (Å²) < 4.78 is 42.5. The van der Waals surface area contributed by atoms with E-state index >= 15 is 0 Å². The number of H-pyrrole nitrogens is 1. The van der Waals surface area contributed by atoms with Crippen LogP contribution in [0.2, 0.25) is 10.0 Å². The highest BCUT2D eigenvalue weighted by molar-refractivity contribution is 6.36. The number of benzene rings is 2.